The van der Waals surface area contributed by atoms with Crippen LogP contribution in [0.15, 0.2) is 47.9 Å². The molecule has 0 bridgehead atoms. The van der Waals surface area contributed by atoms with Gasteiger partial charge in [-0.05, 0) is 63.6 Å². The number of hydrogen-bond donors (Lipinski definition) is 3. The second kappa shape index (κ2) is 20.6. The minimum absolute atomic E-state index is 0.0420. The van der Waals surface area contributed by atoms with Crippen LogP contribution in [0, 0.1) is 17.8 Å². The molecule has 0 spiro atoms. The highest BCUT2D eigenvalue weighted by Gasteiger charge is 2.37. The molecule has 2 aromatic rings. The van der Waals surface area contributed by atoms with Gasteiger partial charge in [0.15, 0.2) is 0 Å². The fraction of sp³-hybridized carbons (Fsp3) is 0.625. The summed E-state index contributed by atoms with van der Waals surface area (Å²) in [6.45, 7) is 16.8. The number of likely N-dealkylation sites (N-methyl/N-ethyl adjacent to an activating group) is 2. The molecule has 3 amide bonds. The molecular formula is C40H61N5O6S. The number of carbonyl (C=O) groups excluding carboxylic acids is 3. The first kappa shape index (κ1) is 42.8. The largest absolute Gasteiger partial charge is 0.481 e. The Morgan fingerprint density at radius 2 is 1.79 bits per heavy atom. The Labute approximate surface area is 314 Å². The van der Waals surface area contributed by atoms with Gasteiger partial charge in [0.25, 0.3) is 5.91 Å². The van der Waals surface area contributed by atoms with Gasteiger partial charge in [0.2, 0.25) is 11.8 Å². The van der Waals surface area contributed by atoms with E-state index < -0.39 is 30.1 Å². The minimum Gasteiger partial charge on any atom is -0.481 e. The van der Waals surface area contributed by atoms with Gasteiger partial charge in [-0.3, -0.25) is 24.1 Å². The van der Waals surface area contributed by atoms with Gasteiger partial charge in [-0.2, -0.15) is 0 Å². The molecule has 1 aliphatic heterocycles. The van der Waals surface area contributed by atoms with Gasteiger partial charge >= 0.3 is 5.97 Å². The van der Waals surface area contributed by atoms with Crippen LogP contribution in [0.2, 0.25) is 0 Å². The number of nitrogens with zero attached hydrogens (tertiary/aromatic N) is 3. The zero-order valence-corrected chi connectivity index (χ0v) is 33.2. The highest BCUT2D eigenvalue weighted by Crippen LogP contribution is 2.31. The number of aliphatic carboxylic acids is 1. The molecule has 1 aliphatic rings. The number of piperidine rings is 1. The quantitative estimate of drug-likeness (QED) is 0.138. The minimum atomic E-state index is -0.918. The monoisotopic (exact) mass is 739 g/mol. The van der Waals surface area contributed by atoms with Crippen LogP contribution in [0.1, 0.15) is 107 Å². The van der Waals surface area contributed by atoms with E-state index in [9.17, 15) is 24.3 Å². The molecule has 52 heavy (non-hydrogen) atoms. The average Bonchev–Trinajstić information content (AvgIpc) is 3.60. The molecule has 0 saturated carbocycles. The van der Waals surface area contributed by atoms with Gasteiger partial charge in [0.05, 0.1) is 18.6 Å². The Morgan fingerprint density at radius 1 is 1.10 bits per heavy atom. The fourth-order valence-electron chi connectivity index (χ4n) is 6.72. The maximum Gasteiger partial charge on any atom is 0.306 e. The fourth-order valence-corrected chi connectivity index (χ4v) is 7.58. The highest BCUT2D eigenvalue weighted by atomic mass is 32.1. The third kappa shape index (κ3) is 12.5. The van der Waals surface area contributed by atoms with Crippen molar-refractivity contribution in [3.05, 3.63) is 64.1 Å². The van der Waals surface area contributed by atoms with Crippen molar-refractivity contribution >= 4 is 35.0 Å². The van der Waals surface area contributed by atoms with E-state index in [4.69, 9.17) is 9.72 Å². The highest BCUT2D eigenvalue weighted by molar-refractivity contribution is 7.09. The molecule has 7 atom stereocenters. The normalized spacial score (nSPS) is 18.4. The summed E-state index contributed by atoms with van der Waals surface area (Å²) in [5.41, 5.74) is 2.05. The summed E-state index contributed by atoms with van der Waals surface area (Å²) in [5.74, 6) is -2.22. The number of benzene rings is 1. The van der Waals surface area contributed by atoms with Gasteiger partial charge in [-0.15, -0.1) is 11.3 Å². The Morgan fingerprint density at radius 3 is 2.38 bits per heavy atom. The summed E-state index contributed by atoms with van der Waals surface area (Å²) >= 11 is 1.31. The van der Waals surface area contributed by atoms with Crippen LogP contribution >= 0.6 is 11.3 Å². The molecule has 12 heteroatoms. The number of carbonyl (C=O) groups is 4. The molecule has 0 radical (unpaired) electrons. The molecule has 2 heterocycles. The van der Waals surface area contributed by atoms with Crippen LogP contribution in [-0.2, 0) is 25.5 Å². The Hall–Kier alpha value is -3.61. The number of nitrogens with one attached hydrogen (secondary N) is 2. The smallest absolute Gasteiger partial charge is 0.306 e. The summed E-state index contributed by atoms with van der Waals surface area (Å²) < 4.78 is 6.36. The zero-order valence-electron chi connectivity index (χ0n) is 32.4. The Kier molecular flexibility index (Phi) is 16.9. The van der Waals surface area contributed by atoms with Gasteiger partial charge in [0, 0.05) is 30.9 Å². The van der Waals surface area contributed by atoms with Crippen LogP contribution in [0.4, 0.5) is 0 Å². The molecule has 1 aromatic heterocycles. The number of ether oxygens (including phenoxy) is 1. The number of thiazole rings is 1. The molecule has 1 fully saturated rings. The number of hydrogen-bond acceptors (Lipinski definition) is 8. The first-order chi connectivity index (χ1) is 24.6. The summed E-state index contributed by atoms with van der Waals surface area (Å²) in [4.78, 5) is 61.5. The predicted octanol–water partition coefficient (Wildman–Crippen LogP) is 6.12. The Balaban J connectivity index is 1.83. The Bertz CT molecular complexity index is 1480. The van der Waals surface area contributed by atoms with Crippen LogP contribution in [0.25, 0.3) is 0 Å². The van der Waals surface area contributed by atoms with E-state index in [1.54, 1.807) is 24.3 Å². The van der Waals surface area contributed by atoms with Crippen molar-refractivity contribution in [2.75, 3.05) is 27.2 Å². The lowest BCUT2D eigenvalue weighted by atomic mass is 9.92. The predicted molar refractivity (Wildman–Crippen MR) is 206 cm³/mol. The molecule has 1 saturated heterocycles. The average molecular weight is 740 g/mol. The number of carboxylic acids is 1. The first-order valence-electron chi connectivity index (χ1n) is 18.7. The van der Waals surface area contributed by atoms with Gasteiger partial charge in [-0.1, -0.05) is 89.9 Å². The van der Waals surface area contributed by atoms with Crippen LogP contribution in [-0.4, -0.2) is 95.0 Å². The van der Waals surface area contributed by atoms with Crippen molar-refractivity contribution in [2.45, 2.75) is 117 Å². The number of likely N-dealkylation sites (tertiary alicyclic amines) is 1. The third-order valence-electron chi connectivity index (χ3n) is 10.2. The topological polar surface area (TPSA) is 141 Å². The van der Waals surface area contributed by atoms with Crippen molar-refractivity contribution < 1.29 is 29.0 Å². The summed E-state index contributed by atoms with van der Waals surface area (Å²) in [5, 5.41) is 18.0. The van der Waals surface area contributed by atoms with Crippen molar-refractivity contribution in [2.24, 2.45) is 17.8 Å². The van der Waals surface area contributed by atoms with E-state index in [1.807, 2.05) is 58.2 Å². The van der Waals surface area contributed by atoms with Gasteiger partial charge in [0.1, 0.15) is 22.8 Å². The van der Waals surface area contributed by atoms with Crippen LogP contribution in [0.5, 0.6) is 0 Å². The molecule has 3 rings (SSSR count). The summed E-state index contributed by atoms with van der Waals surface area (Å²) in [6.07, 6.45) is 4.19. The maximum absolute atomic E-state index is 14.3. The zero-order chi connectivity index (χ0) is 38.5. The number of aromatic nitrogens is 1. The lowest BCUT2D eigenvalue weighted by Crippen LogP contribution is -2.58. The van der Waals surface area contributed by atoms with Gasteiger partial charge in [-0.25, -0.2) is 4.98 Å². The molecule has 1 aromatic carbocycles. The molecule has 3 N–H and O–H groups in total. The number of rotatable bonds is 20. The second-order valence-electron chi connectivity index (χ2n) is 15.0. The molecule has 0 unspecified atom stereocenters. The molecule has 0 aliphatic carbocycles. The molecule has 288 valence electrons. The third-order valence-corrected chi connectivity index (χ3v) is 11.1. The van der Waals surface area contributed by atoms with E-state index in [-0.39, 0.29) is 60.4 Å². The van der Waals surface area contributed by atoms with Crippen LogP contribution < -0.4 is 10.6 Å². The molecule has 11 nitrogen and oxygen atoms in total. The van der Waals surface area contributed by atoms with Crippen molar-refractivity contribution in [3.8, 4) is 0 Å². The van der Waals surface area contributed by atoms with Crippen LogP contribution in [0.3, 0.4) is 0 Å². The summed E-state index contributed by atoms with van der Waals surface area (Å²) in [7, 11) is 3.76. The van der Waals surface area contributed by atoms with E-state index in [0.717, 1.165) is 43.4 Å². The first-order valence-corrected chi connectivity index (χ1v) is 19.6. The van der Waals surface area contributed by atoms with Crippen molar-refractivity contribution in [1.29, 1.82) is 0 Å². The van der Waals surface area contributed by atoms with Crippen molar-refractivity contribution in [3.63, 3.8) is 0 Å². The standard InChI is InChI=1S/C40H61N5O6S/c1-10-27(6)35(43-37(47)32-18-14-15-19-44(32)8)39(48)45(9)33(26(4)5)22-34(51-23-25(2)3)38-42-31(24-52-38)36(46)41-30(20-28(7)40(49)50)21-29-16-12-11-13-17-29/h11-13,16-17,24,26-28,30,32-35H,2,10,14-15,18-23H2,1,3-9H3,(H,41,46)(H,43,47)(H,49,50)/t27-,28-,30+,32+,33+,34+,35-/m0/s1. The van der Waals surface area contributed by atoms with Crippen molar-refractivity contribution in [1.82, 2.24) is 25.4 Å². The summed E-state index contributed by atoms with van der Waals surface area (Å²) in [6, 6.07) is 8.06. The lowest BCUT2D eigenvalue weighted by Gasteiger charge is -2.38. The van der Waals surface area contributed by atoms with E-state index in [0.29, 0.717) is 17.8 Å². The molecular weight excluding hydrogens is 679 g/mol. The number of amides is 3. The van der Waals surface area contributed by atoms with Gasteiger partial charge < -0.3 is 25.4 Å². The SMILES string of the molecule is C=C(C)CO[C@H](C[C@H](C(C)C)N(C)C(=O)[C@@H](NC(=O)[C@H]1CCCCN1C)[C@@H](C)CC)c1nc(C(=O)N[C@@H](Cc2ccccc2)C[C@H](C)C(=O)O)cs1. The van der Waals surface area contributed by atoms with E-state index in [2.05, 4.69) is 36.0 Å². The maximum atomic E-state index is 14.3. The lowest BCUT2D eigenvalue weighted by molar-refractivity contribution is -0.141. The van der Waals surface area contributed by atoms with E-state index in [1.165, 1.54) is 11.3 Å². The number of carboxylic acid groups (broad SMARTS) is 1. The second-order valence-corrected chi connectivity index (χ2v) is 15.9. The van der Waals surface area contributed by atoms with E-state index >= 15 is 0 Å².